The molecule has 10 rings (SSSR count). The standard InChI is InChI=1S/C25H26N4O.C24H24N4O.CH4/c1-29-15-13-19(14-16-29)22-11-12-23-25(26-22)28-24(27-23)20-9-7-18(8-10-20)17-30-21-5-3-2-4-6-21;1-2-4-20(5-3-1)29-16-17-6-8-19(9-7-17)23-27-22-11-10-21(26-24(22)28-23)18-12-14-25-15-13-18;/h2-12,19H,13-17H2,1H3,(H,26,27,28);1-11,18,25H,12-16H2,(H,26,27,28);1H4. The van der Waals surface area contributed by atoms with Crippen LogP contribution in [0.1, 0.15) is 67.5 Å². The van der Waals surface area contributed by atoms with E-state index < -0.39 is 0 Å². The summed E-state index contributed by atoms with van der Waals surface area (Å²) in [6.45, 7) is 5.50. The lowest BCUT2D eigenvalue weighted by atomic mass is 9.93. The van der Waals surface area contributed by atoms with Crippen LogP contribution in [-0.2, 0) is 13.2 Å². The summed E-state index contributed by atoms with van der Waals surface area (Å²) in [6.07, 6.45) is 4.61. The minimum atomic E-state index is 0. The number of rotatable bonds is 10. The van der Waals surface area contributed by atoms with E-state index in [-0.39, 0.29) is 7.43 Å². The fourth-order valence-electron chi connectivity index (χ4n) is 7.85. The fraction of sp³-hybridized carbons (Fsp3) is 0.280. The van der Waals surface area contributed by atoms with Gasteiger partial charge in [0.25, 0.3) is 0 Å². The Morgan fingerprint density at radius 1 is 0.517 bits per heavy atom. The smallest absolute Gasteiger partial charge is 0.178 e. The Bertz CT molecular complexity index is 2560. The van der Waals surface area contributed by atoms with Gasteiger partial charge in [-0.1, -0.05) is 92.4 Å². The maximum absolute atomic E-state index is 5.83. The first-order valence-corrected chi connectivity index (χ1v) is 20.8. The average molecular weight is 799 g/mol. The number of H-pyrrole nitrogens is 2. The number of para-hydroxylation sites is 2. The van der Waals surface area contributed by atoms with E-state index in [2.05, 4.69) is 100 Å². The first-order chi connectivity index (χ1) is 29.1. The van der Waals surface area contributed by atoms with Gasteiger partial charge >= 0.3 is 0 Å². The lowest BCUT2D eigenvalue weighted by molar-refractivity contribution is 0.253. The molecule has 306 valence electrons. The fourth-order valence-corrected chi connectivity index (χ4v) is 7.85. The number of nitrogens with zero attached hydrogens (tertiary/aromatic N) is 5. The van der Waals surface area contributed by atoms with E-state index in [1.807, 2.05) is 60.7 Å². The molecular formula is C50H54N8O2. The Morgan fingerprint density at radius 3 is 1.40 bits per heavy atom. The van der Waals surface area contributed by atoms with E-state index in [0.717, 1.165) is 112 Å². The van der Waals surface area contributed by atoms with Gasteiger partial charge in [-0.25, -0.2) is 19.9 Å². The zero-order valence-corrected chi connectivity index (χ0v) is 33.5. The van der Waals surface area contributed by atoms with Crippen molar-refractivity contribution in [1.82, 2.24) is 40.1 Å². The number of likely N-dealkylation sites (tertiary alicyclic amines) is 1. The van der Waals surface area contributed by atoms with Gasteiger partial charge in [-0.2, -0.15) is 0 Å². The highest BCUT2D eigenvalue weighted by Gasteiger charge is 2.21. The second kappa shape index (κ2) is 19.1. The zero-order chi connectivity index (χ0) is 39.8. The predicted molar refractivity (Wildman–Crippen MR) is 241 cm³/mol. The third-order valence-electron chi connectivity index (χ3n) is 11.4. The van der Waals surface area contributed by atoms with Crippen molar-refractivity contribution in [2.24, 2.45) is 0 Å². The third-order valence-corrected chi connectivity index (χ3v) is 11.4. The topological polar surface area (TPSA) is 117 Å². The number of imidazole rings is 2. The molecule has 2 fully saturated rings. The van der Waals surface area contributed by atoms with Crippen LogP contribution in [0.15, 0.2) is 133 Å². The molecule has 10 nitrogen and oxygen atoms in total. The highest BCUT2D eigenvalue weighted by atomic mass is 16.5. The molecule has 4 aromatic heterocycles. The Morgan fingerprint density at radius 2 is 0.950 bits per heavy atom. The van der Waals surface area contributed by atoms with Crippen LogP contribution in [0, 0.1) is 0 Å². The summed E-state index contributed by atoms with van der Waals surface area (Å²) in [6, 6.07) is 44.9. The van der Waals surface area contributed by atoms with E-state index in [4.69, 9.17) is 29.4 Å². The number of aromatic nitrogens is 6. The van der Waals surface area contributed by atoms with E-state index in [1.54, 1.807) is 0 Å². The van der Waals surface area contributed by atoms with Crippen molar-refractivity contribution in [3.63, 3.8) is 0 Å². The van der Waals surface area contributed by atoms with Gasteiger partial charge < -0.3 is 29.7 Å². The van der Waals surface area contributed by atoms with Crippen LogP contribution in [0.5, 0.6) is 11.5 Å². The Labute approximate surface area is 352 Å². The molecule has 2 aliphatic rings. The van der Waals surface area contributed by atoms with Crippen LogP contribution in [0.25, 0.3) is 45.1 Å². The number of benzene rings is 4. The second-order valence-corrected chi connectivity index (χ2v) is 15.6. The Balaban J connectivity index is 0.000000164. The zero-order valence-electron chi connectivity index (χ0n) is 33.5. The molecule has 0 unspecified atom stereocenters. The van der Waals surface area contributed by atoms with Gasteiger partial charge in [0.2, 0.25) is 0 Å². The summed E-state index contributed by atoms with van der Waals surface area (Å²) in [4.78, 5) is 28.4. The number of aromatic amines is 2. The van der Waals surface area contributed by atoms with Crippen molar-refractivity contribution in [3.8, 4) is 34.3 Å². The van der Waals surface area contributed by atoms with Crippen LogP contribution >= 0.6 is 0 Å². The van der Waals surface area contributed by atoms with Crippen molar-refractivity contribution < 1.29 is 9.47 Å². The van der Waals surface area contributed by atoms with Crippen LogP contribution < -0.4 is 14.8 Å². The minimum Gasteiger partial charge on any atom is -0.489 e. The van der Waals surface area contributed by atoms with E-state index in [9.17, 15) is 0 Å². The molecule has 0 amide bonds. The largest absolute Gasteiger partial charge is 0.489 e. The SMILES string of the molecule is C.CN1CCC(c2ccc3[nH]c(-c4ccc(COc5ccccc5)cc4)nc3n2)CC1.c1ccc(OCc2ccc(-c3nc4nc(C5CCNCC5)ccc4[nH]3)cc2)cc1. The van der Waals surface area contributed by atoms with Crippen LogP contribution in [0.3, 0.4) is 0 Å². The highest BCUT2D eigenvalue weighted by Crippen LogP contribution is 2.29. The van der Waals surface area contributed by atoms with Gasteiger partial charge in [-0.15, -0.1) is 0 Å². The van der Waals surface area contributed by atoms with Crippen LogP contribution in [0.4, 0.5) is 0 Å². The van der Waals surface area contributed by atoms with Gasteiger partial charge in [0.05, 0.1) is 11.0 Å². The second-order valence-electron chi connectivity index (χ2n) is 15.6. The summed E-state index contributed by atoms with van der Waals surface area (Å²) in [7, 11) is 2.19. The summed E-state index contributed by atoms with van der Waals surface area (Å²) in [5.74, 6) is 4.54. The van der Waals surface area contributed by atoms with Crippen molar-refractivity contribution in [2.75, 3.05) is 33.2 Å². The molecular weight excluding hydrogens is 745 g/mol. The highest BCUT2D eigenvalue weighted by molar-refractivity contribution is 5.77. The quantitative estimate of drug-likeness (QED) is 0.125. The summed E-state index contributed by atoms with van der Waals surface area (Å²) in [5.41, 5.74) is 10.2. The molecule has 8 aromatic rings. The van der Waals surface area contributed by atoms with Crippen molar-refractivity contribution in [1.29, 1.82) is 0 Å². The Kier molecular flexibility index (Phi) is 12.9. The normalized spacial score (nSPS) is 14.9. The molecule has 0 radical (unpaired) electrons. The number of ether oxygens (including phenoxy) is 2. The first kappa shape index (κ1) is 40.4. The van der Waals surface area contributed by atoms with E-state index in [1.165, 1.54) is 18.5 Å². The van der Waals surface area contributed by atoms with Crippen LogP contribution in [-0.4, -0.2) is 68.0 Å². The van der Waals surface area contributed by atoms with Gasteiger partial charge in [0.1, 0.15) is 36.4 Å². The van der Waals surface area contributed by atoms with Gasteiger partial charge in [0, 0.05) is 34.4 Å². The van der Waals surface area contributed by atoms with Gasteiger partial charge in [-0.05, 0) is 119 Å². The number of pyridine rings is 2. The van der Waals surface area contributed by atoms with Crippen molar-refractivity contribution in [3.05, 3.63) is 156 Å². The number of fused-ring (bicyclic) bond motifs is 2. The number of hydrogen-bond donors (Lipinski definition) is 3. The molecule has 60 heavy (non-hydrogen) atoms. The number of piperidine rings is 2. The molecule has 0 atom stereocenters. The molecule has 4 aromatic carbocycles. The number of nitrogens with one attached hydrogen (secondary N) is 3. The van der Waals surface area contributed by atoms with Gasteiger partial charge in [-0.3, -0.25) is 0 Å². The van der Waals surface area contributed by atoms with Crippen molar-refractivity contribution >= 4 is 22.3 Å². The summed E-state index contributed by atoms with van der Waals surface area (Å²) in [5, 5.41) is 3.41. The molecule has 3 N–H and O–H groups in total. The molecule has 2 aliphatic heterocycles. The first-order valence-electron chi connectivity index (χ1n) is 20.8. The lowest BCUT2D eigenvalue weighted by Crippen LogP contribution is -2.29. The lowest BCUT2D eigenvalue weighted by Gasteiger charge is -2.28. The van der Waals surface area contributed by atoms with E-state index in [0.29, 0.717) is 25.0 Å². The monoisotopic (exact) mass is 798 g/mol. The summed E-state index contributed by atoms with van der Waals surface area (Å²) < 4.78 is 11.6. The third kappa shape index (κ3) is 9.90. The minimum absolute atomic E-state index is 0. The maximum Gasteiger partial charge on any atom is 0.178 e. The van der Waals surface area contributed by atoms with Crippen LogP contribution in [0.2, 0.25) is 0 Å². The molecule has 6 heterocycles. The average Bonchev–Trinajstić information content (AvgIpc) is 3.94. The molecule has 10 heteroatoms. The van der Waals surface area contributed by atoms with E-state index >= 15 is 0 Å². The molecule has 0 aliphatic carbocycles. The predicted octanol–water partition coefficient (Wildman–Crippen LogP) is 10.3. The molecule has 0 spiro atoms. The number of hydrogen-bond acceptors (Lipinski definition) is 8. The maximum atomic E-state index is 5.83. The molecule has 2 saturated heterocycles. The summed E-state index contributed by atoms with van der Waals surface area (Å²) >= 11 is 0. The Hall–Kier alpha value is -6.36. The van der Waals surface area contributed by atoms with Gasteiger partial charge in [0.15, 0.2) is 11.3 Å². The van der Waals surface area contributed by atoms with Crippen molar-refractivity contribution in [2.45, 2.75) is 58.2 Å². The molecule has 0 saturated carbocycles. The molecule has 0 bridgehead atoms.